The van der Waals surface area contributed by atoms with Gasteiger partial charge in [0.1, 0.15) is 0 Å². The standard InChI is InChI=1S/C10H10BrF2N/c1-10(12,13)7-5-14-9-6(7)3-2-4-8(9)11/h2-4,7,14H,5H2,1H3. The van der Waals surface area contributed by atoms with E-state index in [1.807, 2.05) is 6.07 Å². The number of para-hydroxylation sites is 1. The number of anilines is 1. The number of hydrogen-bond donors (Lipinski definition) is 1. The van der Waals surface area contributed by atoms with Crippen molar-refractivity contribution in [3.8, 4) is 0 Å². The lowest BCUT2D eigenvalue weighted by Gasteiger charge is -2.18. The smallest absolute Gasteiger partial charge is 0.253 e. The number of rotatable bonds is 1. The van der Waals surface area contributed by atoms with Gasteiger partial charge in [0.05, 0.1) is 11.6 Å². The minimum absolute atomic E-state index is 0.307. The Balaban J connectivity index is 2.45. The second-order valence-corrected chi connectivity index (χ2v) is 4.45. The Kier molecular flexibility index (Phi) is 2.26. The molecule has 0 spiro atoms. The fourth-order valence-electron chi connectivity index (χ4n) is 1.78. The summed E-state index contributed by atoms with van der Waals surface area (Å²) in [6, 6.07) is 5.39. The molecule has 4 heteroatoms. The third-order valence-corrected chi connectivity index (χ3v) is 3.18. The van der Waals surface area contributed by atoms with E-state index in [4.69, 9.17) is 0 Å². The van der Waals surface area contributed by atoms with Crippen LogP contribution in [0.25, 0.3) is 0 Å². The molecule has 2 rings (SSSR count). The summed E-state index contributed by atoms with van der Waals surface area (Å²) >= 11 is 3.33. The molecule has 1 atom stereocenters. The molecule has 76 valence electrons. The Morgan fingerprint density at radius 1 is 1.50 bits per heavy atom. The van der Waals surface area contributed by atoms with Crippen molar-refractivity contribution >= 4 is 21.6 Å². The minimum atomic E-state index is -2.67. The summed E-state index contributed by atoms with van der Waals surface area (Å²) in [6.45, 7) is 1.27. The molecule has 1 aliphatic heterocycles. The second-order valence-electron chi connectivity index (χ2n) is 3.59. The topological polar surface area (TPSA) is 12.0 Å². The van der Waals surface area contributed by atoms with Gasteiger partial charge in [-0.15, -0.1) is 0 Å². The Morgan fingerprint density at radius 2 is 2.21 bits per heavy atom. The van der Waals surface area contributed by atoms with E-state index in [-0.39, 0.29) is 0 Å². The van der Waals surface area contributed by atoms with Crippen molar-refractivity contribution < 1.29 is 8.78 Å². The van der Waals surface area contributed by atoms with E-state index in [1.54, 1.807) is 12.1 Å². The molecule has 0 aliphatic carbocycles. The first-order valence-corrected chi connectivity index (χ1v) is 5.19. The first-order valence-electron chi connectivity index (χ1n) is 4.40. The summed E-state index contributed by atoms with van der Waals surface area (Å²) < 4.78 is 27.2. The maximum atomic E-state index is 13.2. The Labute approximate surface area is 89.6 Å². The van der Waals surface area contributed by atoms with Crippen LogP contribution in [0.2, 0.25) is 0 Å². The van der Waals surface area contributed by atoms with Gasteiger partial charge >= 0.3 is 0 Å². The van der Waals surface area contributed by atoms with Crippen molar-refractivity contribution in [2.24, 2.45) is 0 Å². The lowest BCUT2D eigenvalue weighted by Crippen LogP contribution is -2.23. The van der Waals surface area contributed by atoms with E-state index < -0.39 is 11.8 Å². The molecule has 0 bridgehead atoms. The van der Waals surface area contributed by atoms with Gasteiger partial charge in [0.2, 0.25) is 0 Å². The Morgan fingerprint density at radius 3 is 2.86 bits per heavy atom. The fourth-order valence-corrected chi connectivity index (χ4v) is 2.31. The van der Waals surface area contributed by atoms with E-state index in [2.05, 4.69) is 21.2 Å². The number of fused-ring (bicyclic) bond motifs is 1. The van der Waals surface area contributed by atoms with Gasteiger partial charge in [-0.1, -0.05) is 12.1 Å². The van der Waals surface area contributed by atoms with Gasteiger partial charge in [-0.25, -0.2) is 8.78 Å². The van der Waals surface area contributed by atoms with E-state index in [9.17, 15) is 8.78 Å². The van der Waals surface area contributed by atoms with Gasteiger partial charge < -0.3 is 5.32 Å². The van der Waals surface area contributed by atoms with Crippen LogP contribution in [0.15, 0.2) is 22.7 Å². The molecule has 1 aromatic rings. The molecule has 0 aromatic heterocycles. The molecule has 0 radical (unpaired) electrons. The lowest BCUT2D eigenvalue weighted by molar-refractivity contribution is -0.00185. The predicted molar refractivity (Wildman–Crippen MR) is 56.0 cm³/mol. The number of benzene rings is 1. The van der Waals surface area contributed by atoms with Gasteiger partial charge in [0.25, 0.3) is 5.92 Å². The van der Waals surface area contributed by atoms with Crippen LogP contribution in [-0.4, -0.2) is 12.5 Å². The maximum absolute atomic E-state index is 13.2. The molecular weight excluding hydrogens is 252 g/mol. The first-order chi connectivity index (χ1) is 6.50. The van der Waals surface area contributed by atoms with Crippen molar-refractivity contribution in [1.82, 2.24) is 0 Å². The zero-order chi connectivity index (χ0) is 10.3. The highest BCUT2D eigenvalue weighted by molar-refractivity contribution is 9.10. The van der Waals surface area contributed by atoms with Crippen LogP contribution in [0.1, 0.15) is 18.4 Å². The van der Waals surface area contributed by atoms with Gasteiger partial charge in [-0.3, -0.25) is 0 Å². The highest BCUT2D eigenvalue weighted by Crippen LogP contribution is 2.43. The van der Waals surface area contributed by atoms with Crippen molar-refractivity contribution in [3.05, 3.63) is 28.2 Å². The van der Waals surface area contributed by atoms with E-state index in [0.29, 0.717) is 12.1 Å². The summed E-state index contributed by atoms with van der Waals surface area (Å²) in [5, 5.41) is 3.00. The quantitative estimate of drug-likeness (QED) is 0.815. The van der Waals surface area contributed by atoms with Crippen molar-refractivity contribution in [2.75, 3.05) is 11.9 Å². The number of nitrogens with one attached hydrogen (secondary N) is 1. The van der Waals surface area contributed by atoms with Crippen LogP contribution >= 0.6 is 15.9 Å². The summed E-state index contributed by atoms with van der Waals surface area (Å²) in [6.07, 6.45) is 0. The van der Waals surface area contributed by atoms with Crippen LogP contribution in [0.4, 0.5) is 14.5 Å². The molecule has 1 aliphatic rings. The zero-order valence-corrected chi connectivity index (χ0v) is 9.24. The summed E-state index contributed by atoms with van der Waals surface area (Å²) in [7, 11) is 0. The lowest BCUT2D eigenvalue weighted by atomic mass is 9.96. The third kappa shape index (κ3) is 1.52. The van der Waals surface area contributed by atoms with Crippen LogP contribution in [0.3, 0.4) is 0 Å². The average Bonchev–Trinajstić information content (AvgIpc) is 2.47. The van der Waals surface area contributed by atoms with Crippen LogP contribution in [0.5, 0.6) is 0 Å². The third-order valence-electron chi connectivity index (χ3n) is 2.52. The molecule has 0 saturated heterocycles. The average molecular weight is 262 g/mol. The highest BCUT2D eigenvalue weighted by atomic mass is 79.9. The first kappa shape index (κ1) is 9.90. The molecule has 1 nitrogen and oxygen atoms in total. The minimum Gasteiger partial charge on any atom is -0.383 e. The number of alkyl halides is 2. The molecule has 0 fully saturated rings. The van der Waals surface area contributed by atoms with Gasteiger partial charge in [-0.2, -0.15) is 0 Å². The summed E-state index contributed by atoms with van der Waals surface area (Å²) in [4.78, 5) is 0. The molecule has 0 amide bonds. The fraction of sp³-hybridized carbons (Fsp3) is 0.400. The monoisotopic (exact) mass is 261 g/mol. The summed E-state index contributed by atoms with van der Waals surface area (Å²) in [5.74, 6) is -3.38. The van der Waals surface area contributed by atoms with E-state index in [1.165, 1.54) is 0 Å². The largest absolute Gasteiger partial charge is 0.383 e. The van der Waals surface area contributed by atoms with Crippen molar-refractivity contribution in [2.45, 2.75) is 18.8 Å². The molecule has 14 heavy (non-hydrogen) atoms. The number of hydrogen-bond acceptors (Lipinski definition) is 1. The molecular formula is C10H10BrF2N. The van der Waals surface area contributed by atoms with Gasteiger partial charge in [0.15, 0.2) is 0 Å². The van der Waals surface area contributed by atoms with Gasteiger partial charge in [-0.05, 0) is 27.6 Å². The molecule has 1 aromatic carbocycles. The van der Waals surface area contributed by atoms with Crippen molar-refractivity contribution in [3.63, 3.8) is 0 Å². The van der Waals surface area contributed by atoms with E-state index >= 15 is 0 Å². The highest BCUT2D eigenvalue weighted by Gasteiger charge is 2.40. The molecule has 1 N–H and O–H groups in total. The second kappa shape index (κ2) is 3.19. The Hall–Kier alpha value is -0.640. The predicted octanol–water partition coefficient (Wildman–Crippen LogP) is 3.61. The number of halogens is 3. The zero-order valence-electron chi connectivity index (χ0n) is 7.65. The van der Waals surface area contributed by atoms with E-state index in [0.717, 1.165) is 17.1 Å². The van der Waals surface area contributed by atoms with Gasteiger partial charge in [0, 0.05) is 17.9 Å². The Bertz CT molecular complexity index is 360. The molecule has 0 saturated carbocycles. The molecule has 1 unspecified atom stereocenters. The summed E-state index contributed by atoms with van der Waals surface area (Å²) in [5.41, 5.74) is 1.51. The SMILES string of the molecule is CC(F)(F)C1CNc2c(Br)cccc21. The maximum Gasteiger partial charge on any atom is 0.253 e. The normalized spacial score (nSPS) is 20.4. The van der Waals surface area contributed by atoms with Crippen LogP contribution < -0.4 is 5.32 Å². The van der Waals surface area contributed by atoms with Crippen LogP contribution in [0, 0.1) is 0 Å². The molecule has 1 heterocycles. The van der Waals surface area contributed by atoms with Crippen LogP contribution in [-0.2, 0) is 0 Å². The van der Waals surface area contributed by atoms with Crippen molar-refractivity contribution in [1.29, 1.82) is 0 Å².